The van der Waals surface area contributed by atoms with E-state index in [4.69, 9.17) is 55.0 Å². The number of nitrogens with one attached hydrogen (secondary N) is 7. The minimum absolute atomic E-state index is 0. The zero-order valence-corrected chi connectivity index (χ0v) is 82.3. The molecule has 2 fully saturated rings. The molecule has 0 spiro atoms. The summed E-state index contributed by atoms with van der Waals surface area (Å²) in [7, 11) is 0. The van der Waals surface area contributed by atoms with Gasteiger partial charge in [0, 0.05) is 100 Å². The molecular formula is C91H160B2ClN9O21S8. The number of ketones is 1. The fourth-order valence-corrected chi connectivity index (χ4v) is 12.3. The molecule has 5 aromatic carbocycles. The second-order valence-electron chi connectivity index (χ2n) is 27.2. The number of anilines is 3. The predicted molar refractivity (Wildman–Crippen MR) is 574 cm³/mol. The lowest BCUT2D eigenvalue weighted by Crippen LogP contribution is -3.00. The number of carboxylic acid groups (broad SMARTS) is 5. The van der Waals surface area contributed by atoms with Crippen LogP contribution in [-0.4, -0.2) is 205 Å². The first-order valence-corrected chi connectivity index (χ1v) is 39.2. The number of rotatable bonds is 23. The summed E-state index contributed by atoms with van der Waals surface area (Å²) < 4.78 is 24.1. The van der Waals surface area contributed by atoms with Gasteiger partial charge >= 0.3 is 59.7 Å². The van der Waals surface area contributed by atoms with Gasteiger partial charge < -0.3 is 104 Å². The maximum absolute atomic E-state index is 11.4. The normalized spacial score (nSPS) is 15.1. The first kappa shape index (κ1) is 158. The number of H-pyrrole nitrogens is 2. The predicted octanol–water partition coefficient (Wildman–Crippen LogP) is 12.0. The van der Waals surface area contributed by atoms with E-state index < -0.39 is 65.8 Å². The van der Waals surface area contributed by atoms with Crippen molar-refractivity contribution in [3.8, 4) is 0 Å². The van der Waals surface area contributed by atoms with Crippen molar-refractivity contribution in [1.82, 2.24) is 20.6 Å². The highest BCUT2D eigenvalue weighted by Gasteiger charge is 2.33. The Labute approximate surface area is 850 Å². The van der Waals surface area contributed by atoms with Gasteiger partial charge in [-0.05, 0) is 152 Å². The van der Waals surface area contributed by atoms with Crippen LogP contribution in [0.3, 0.4) is 0 Å². The number of nitrogens with two attached hydrogens (primary N) is 1. The van der Waals surface area contributed by atoms with Crippen LogP contribution in [-0.2, 0) is 86.1 Å². The molecule has 12 rings (SSSR count). The van der Waals surface area contributed by atoms with E-state index in [-0.39, 0.29) is 229 Å². The van der Waals surface area contributed by atoms with Crippen LogP contribution in [0.5, 0.6) is 0 Å². The van der Waals surface area contributed by atoms with Gasteiger partial charge in [-0.25, -0.2) is 33.6 Å². The number of carbonyl (C=O) groups is 11. The van der Waals surface area contributed by atoms with Crippen molar-refractivity contribution in [3.05, 3.63) is 162 Å². The molecule has 10 atom stereocenters. The molecule has 2 aromatic heterocycles. The smallest absolute Gasteiger partial charge is 0.371 e. The van der Waals surface area contributed by atoms with Crippen molar-refractivity contribution >= 4 is 229 Å². The summed E-state index contributed by atoms with van der Waals surface area (Å²) in [5.41, 5.74) is 18.0. The molecule has 756 valence electrons. The fourth-order valence-electron chi connectivity index (χ4n) is 12.3. The quantitative estimate of drug-likeness (QED) is 0.0122. The SMILES string of the molecule is C.C.C.C.C.C.CC(=O)C(=O)O.CCC[C@@H](N)C(=O)OCC.CCC[C@@H](N[C@@H](C)C(=O)O)C(=O)OCC.CCC[C@@H]([NH3+])C(=O)OCC.CCOC(=O)C1Cc2ccccc2N1.CCOC(=O)c1cc2ccccc2[nH]1.C[C@@H]1C[C@H]2CCCC[C@H]2N1.O=C(O)C1Cc2ccccc2N1.O=C(O)[C@@H]1Cc2ccccc2N1.O=C(O)c1cc2ccccc2[nH]1.S.S.S.S.S.S.S.S.[B].[B].[Cl-]. The van der Waals surface area contributed by atoms with Crippen LogP contribution in [0.4, 0.5) is 17.1 Å². The van der Waals surface area contributed by atoms with E-state index in [1.54, 1.807) is 39.8 Å². The van der Waals surface area contributed by atoms with Gasteiger partial charge in [0.25, 0.3) is 0 Å². The lowest BCUT2D eigenvalue weighted by atomic mass is 9.85. The summed E-state index contributed by atoms with van der Waals surface area (Å²) in [4.78, 5) is 123. The zero-order valence-electron chi connectivity index (χ0n) is 73.5. The van der Waals surface area contributed by atoms with Gasteiger partial charge in [-0.1, -0.05) is 182 Å². The number of carbonyl (C=O) groups excluding carboxylic acids is 6. The Morgan fingerprint density at radius 1 is 0.477 bits per heavy atom. The van der Waals surface area contributed by atoms with Crippen molar-refractivity contribution in [3.63, 3.8) is 0 Å². The highest BCUT2D eigenvalue weighted by atomic mass is 35.5. The number of aromatic amines is 2. The van der Waals surface area contributed by atoms with Crippen LogP contribution >= 0.6 is 108 Å². The van der Waals surface area contributed by atoms with E-state index in [2.05, 4.69) is 49.2 Å². The minimum atomic E-state index is -1.38. The second kappa shape index (κ2) is 88.3. The topological polar surface area (TPSA) is 480 Å². The van der Waals surface area contributed by atoms with Gasteiger partial charge in [-0.2, -0.15) is 108 Å². The van der Waals surface area contributed by atoms with Crippen molar-refractivity contribution in [2.24, 2.45) is 11.7 Å². The van der Waals surface area contributed by atoms with Crippen LogP contribution in [0.2, 0.25) is 0 Å². The van der Waals surface area contributed by atoms with E-state index in [1.807, 2.05) is 149 Å². The number of aromatic nitrogens is 2. The molecule has 30 nitrogen and oxygen atoms in total. The fraction of sp³-hybridized carbons (Fsp3) is 0.505. The van der Waals surface area contributed by atoms with E-state index >= 15 is 0 Å². The minimum Gasteiger partial charge on any atom is -1.00 e. The Balaban J connectivity index is -0.0000000879. The molecule has 41 heteroatoms. The van der Waals surface area contributed by atoms with E-state index in [0.29, 0.717) is 64.4 Å². The van der Waals surface area contributed by atoms with Crippen LogP contribution in [0.1, 0.15) is 229 Å². The molecular weight excluding hydrogens is 1870 g/mol. The third-order valence-corrected chi connectivity index (χ3v) is 18.0. The lowest BCUT2D eigenvalue weighted by molar-refractivity contribution is -0.409. The largest absolute Gasteiger partial charge is 1.00 e. The molecule has 132 heavy (non-hydrogen) atoms. The average Bonchev–Trinajstić information content (AvgIpc) is 1.71. The third-order valence-electron chi connectivity index (χ3n) is 18.0. The second-order valence-corrected chi connectivity index (χ2v) is 27.2. The molecule has 1 saturated heterocycles. The first-order valence-electron chi connectivity index (χ1n) is 39.2. The molecule has 1 aliphatic carbocycles. The van der Waals surface area contributed by atoms with E-state index in [1.165, 1.54) is 44.6 Å². The molecule has 17 N–H and O–H groups in total. The number of aromatic carboxylic acids is 1. The number of carboxylic acids is 5. The van der Waals surface area contributed by atoms with Gasteiger partial charge in [0.1, 0.15) is 47.6 Å². The van der Waals surface area contributed by atoms with Crippen molar-refractivity contribution < 1.29 is 120 Å². The van der Waals surface area contributed by atoms with Crippen molar-refractivity contribution in [2.45, 2.75) is 265 Å². The molecule has 0 bridgehead atoms. The number of aliphatic carboxylic acids is 4. The number of esters is 5. The Kier molecular flexibility index (Phi) is 106. The molecule has 0 amide bonds. The summed E-state index contributed by atoms with van der Waals surface area (Å²) in [6.07, 6.45) is 14.0. The van der Waals surface area contributed by atoms with Gasteiger partial charge in [-0.3, -0.25) is 24.5 Å². The number of hydrogen-bond donors (Lipinski definition) is 14. The summed E-state index contributed by atoms with van der Waals surface area (Å²) in [5.74, 6) is -5.95. The van der Waals surface area contributed by atoms with E-state index in [0.717, 1.165) is 107 Å². The van der Waals surface area contributed by atoms with Crippen LogP contribution < -0.4 is 50.5 Å². The Morgan fingerprint density at radius 3 is 1.20 bits per heavy atom. The van der Waals surface area contributed by atoms with Crippen molar-refractivity contribution in [1.29, 1.82) is 0 Å². The molecule has 2 unspecified atom stereocenters. The zero-order chi connectivity index (χ0) is 85.5. The van der Waals surface area contributed by atoms with Gasteiger partial charge in [0.05, 0.1) is 33.0 Å². The van der Waals surface area contributed by atoms with Gasteiger partial charge in [0.15, 0.2) is 6.04 Å². The highest BCUT2D eigenvalue weighted by molar-refractivity contribution is 7.60. The molecule has 7 aromatic rings. The summed E-state index contributed by atoms with van der Waals surface area (Å²) in [5, 5.41) is 59.8. The Hall–Kier alpha value is -7.99. The number of ether oxygens (including phenoxy) is 5. The standard InChI is InChI=1S/C11H13NO2.C11H11NO2.C10H19NO4.2C9H9NO2.C9H7NO2.C9H17N.2C7H15NO2.C3H4O3.6CH4.2B.ClH.8H2S/c2*1-2-14-11(13)10-7-8-5-3-4-6-9(8)12-10;1-4-6-8(10(14)15-5-2)11-7(3)9(12)13;3*11-9(12)8-5-6-3-1-2-4-7(6)10-8;1-7-6-8-4-2-3-5-9(8)10-7;2*1-3-5-6(8)7(9)10-4-2;1-2(4)3(5)6;;;;;;;;;;;;;;;;;/h3-6,10,12H,2,7H2,1H3;3-7,12H,2H2,1H3;7-8,11H,4-6H2,1-3H3,(H,12,13);2*1-4,8,10H,5H2,(H,11,12);1-5,10H,(H,11,12);7-10H,2-6H2,1H3;2*6H,3-5,8H2,1-2H3;1H3,(H,5,6);6*1H4;;;1H;8*1H2/t;;7-,8+;8-;;;7-,8-,9-;2*6-;;;;;;;;;;;;;;;;;;/m..00..111................../s1. The number of Topliss-reactive ketones (excluding diaryl/α,β-unsaturated/α-hetero) is 1. The summed E-state index contributed by atoms with van der Waals surface area (Å²) in [6, 6.07) is 40.7. The number of quaternary nitrogens is 1. The number of fused-ring (bicyclic) bond motifs is 6. The average molecular weight is 2030 g/mol. The third kappa shape index (κ3) is 59.0. The lowest BCUT2D eigenvalue weighted by Gasteiger charge is -2.24. The number of halogens is 1. The number of benzene rings is 5. The van der Waals surface area contributed by atoms with Gasteiger partial charge in [-0.15, -0.1) is 0 Å². The molecule has 1 saturated carbocycles. The van der Waals surface area contributed by atoms with E-state index in [9.17, 15) is 52.7 Å². The number of hydrogen-bond acceptors (Lipinski definition) is 22. The van der Waals surface area contributed by atoms with Crippen LogP contribution in [0, 0.1) is 5.92 Å². The maximum Gasteiger partial charge on any atom is 0.371 e. The maximum atomic E-state index is 11.4. The van der Waals surface area contributed by atoms with Gasteiger partial charge in [0.2, 0.25) is 5.78 Å². The molecule has 4 aliphatic heterocycles. The summed E-state index contributed by atoms with van der Waals surface area (Å²) in [6.45, 7) is 21.7. The molecule has 6 radical (unpaired) electrons. The Morgan fingerprint density at radius 2 is 0.833 bits per heavy atom. The first-order chi connectivity index (χ1) is 54.9. The Bertz CT molecular complexity index is 3990. The summed E-state index contributed by atoms with van der Waals surface area (Å²) >= 11 is 0. The monoisotopic (exact) mass is 2030 g/mol. The van der Waals surface area contributed by atoms with Crippen molar-refractivity contribution in [2.75, 3.05) is 49.0 Å². The van der Waals surface area contributed by atoms with Crippen LogP contribution in [0.15, 0.2) is 133 Å². The molecule has 6 heterocycles. The highest BCUT2D eigenvalue weighted by Crippen LogP contribution is 2.33. The molecule has 5 aliphatic rings. The van der Waals surface area contributed by atoms with Crippen LogP contribution in [0.25, 0.3) is 21.8 Å². The number of para-hydroxylation sites is 5.